The van der Waals surface area contributed by atoms with E-state index in [4.69, 9.17) is 5.11 Å². The molecule has 0 atom stereocenters. The monoisotopic (exact) mass is 233 g/mol. The highest BCUT2D eigenvalue weighted by Gasteiger charge is 2.32. The van der Waals surface area contributed by atoms with Gasteiger partial charge in [-0.2, -0.15) is 0 Å². The zero-order valence-electron chi connectivity index (χ0n) is 9.59. The van der Waals surface area contributed by atoms with Gasteiger partial charge in [0.1, 0.15) is 12.1 Å². The molecule has 17 heavy (non-hydrogen) atoms. The lowest BCUT2D eigenvalue weighted by molar-refractivity contribution is -0.138. The maximum absolute atomic E-state index is 10.6. The van der Waals surface area contributed by atoms with Gasteiger partial charge in [0.25, 0.3) is 0 Å². The van der Waals surface area contributed by atoms with Crippen molar-refractivity contribution in [3.8, 4) is 0 Å². The summed E-state index contributed by atoms with van der Waals surface area (Å²) in [5.41, 5.74) is 2.46. The molecule has 0 amide bonds. The number of carboxylic acid groups (broad SMARTS) is 1. The van der Waals surface area contributed by atoms with Gasteiger partial charge >= 0.3 is 5.97 Å². The van der Waals surface area contributed by atoms with Crippen LogP contribution in [0.15, 0.2) is 6.33 Å². The van der Waals surface area contributed by atoms with E-state index in [-0.39, 0.29) is 12.3 Å². The SMILES string of the molecule is O=C(O)CC1CN(c2ncnc3c2CCC3)C1. The molecule has 0 unspecified atom stereocenters. The van der Waals surface area contributed by atoms with Crippen LogP contribution in [0, 0.1) is 5.92 Å². The van der Waals surface area contributed by atoms with E-state index in [0.29, 0.717) is 0 Å². The van der Waals surface area contributed by atoms with E-state index in [1.165, 1.54) is 11.3 Å². The predicted octanol–water partition coefficient (Wildman–Crippen LogP) is 0.876. The minimum absolute atomic E-state index is 0.268. The molecule has 1 aliphatic heterocycles. The van der Waals surface area contributed by atoms with E-state index >= 15 is 0 Å². The van der Waals surface area contributed by atoms with Crippen molar-refractivity contribution in [3.63, 3.8) is 0 Å². The molecule has 1 aliphatic carbocycles. The van der Waals surface area contributed by atoms with Gasteiger partial charge in [-0.25, -0.2) is 9.97 Å². The Hall–Kier alpha value is -1.65. The average Bonchev–Trinajstić information content (AvgIpc) is 2.70. The van der Waals surface area contributed by atoms with Gasteiger partial charge in [-0.15, -0.1) is 0 Å². The predicted molar refractivity (Wildman–Crippen MR) is 62.0 cm³/mol. The molecular weight excluding hydrogens is 218 g/mol. The van der Waals surface area contributed by atoms with Gasteiger partial charge in [0.2, 0.25) is 0 Å². The number of carboxylic acids is 1. The minimum Gasteiger partial charge on any atom is -0.481 e. The summed E-state index contributed by atoms with van der Waals surface area (Å²) < 4.78 is 0. The van der Waals surface area contributed by atoms with E-state index < -0.39 is 5.97 Å². The summed E-state index contributed by atoms with van der Waals surface area (Å²) >= 11 is 0. The Morgan fingerprint density at radius 2 is 2.24 bits per heavy atom. The smallest absolute Gasteiger partial charge is 0.303 e. The largest absolute Gasteiger partial charge is 0.481 e. The van der Waals surface area contributed by atoms with Crippen LogP contribution in [-0.4, -0.2) is 34.1 Å². The highest BCUT2D eigenvalue weighted by Crippen LogP contribution is 2.32. The number of hydrogen-bond donors (Lipinski definition) is 1. The fourth-order valence-corrected chi connectivity index (χ4v) is 2.73. The molecule has 0 spiro atoms. The maximum atomic E-state index is 10.6. The third kappa shape index (κ3) is 1.85. The van der Waals surface area contributed by atoms with Crippen LogP contribution in [-0.2, 0) is 17.6 Å². The first-order valence-electron chi connectivity index (χ1n) is 6.03. The van der Waals surface area contributed by atoms with Crippen LogP contribution in [0.25, 0.3) is 0 Å². The molecule has 1 fully saturated rings. The topological polar surface area (TPSA) is 66.3 Å². The quantitative estimate of drug-likeness (QED) is 0.839. The van der Waals surface area contributed by atoms with E-state index in [1.54, 1.807) is 6.33 Å². The van der Waals surface area contributed by atoms with Gasteiger partial charge < -0.3 is 10.0 Å². The van der Waals surface area contributed by atoms with Crippen molar-refractivity contribution in [1.82, 2.24) is 9.97 Å². The van der Waals surface area contributed by atoms with Crippen molar-refractivity contribution in [2.45, 2.75) is 25.7 Å². The van der Waals surface area contributed by atoms with Crippen LogP contribution in [0.5, 0.6) is 0 Å². The number of hydrogen-bond acceptors (Lipinski definition) is 4. The molecule has 5 heteroatoms. The minimum atomic E-state index is -0.706. The molecule has 3 rings (SSSR count). The molecule has 5 nitrogen and oxygen atoms in total. The Morgan fingerprint density at radius 3 is 3.00 bits per heavy atom. The molecule has 2 heterocycles. The van der Waals surface area contributed by atoms with Crippen LogP contribution in [0.3, 0.4) is 0 Å². The zero-order chi connectivity index (χ0) is 11.8. The first kappa shape index (κ1) is 10.5. The Morgan fingerprint density at radius 1 is 1.41 bits per heavy atom. The van der Waals surface area contributed by atoms with E-state index in [9.17, 15) is 4.79 Å². The first-order valence-corrected chi connectivity index (χ1v) is 6.03. The molecule has 0 radical (unpaired) electrons. The number of fused-ring (bicyclic) bond motifs is 1. The van der Waals surface area contributed by atoms with Gasteiger partial charge in [-0.05, 0) is 19.3 Å². The van der Waals surface area contributed by atoms with Crippen molar-refractivity contribution in [2.75, 3.05) is 18.0 Å². The molecular formula is C12H15N3O2. The lowest BCUT2D eigenvalue weighted by atomic mass is 9.96. The van der Waals surface area contributed by atoms with Crippen molar-refractivity contribution in [3.05, 3.63) is 17.6 Å². The Bertz CT molecular complexity index is 455. The van der Waals surface area contributed by atoms with E-state index in [1.807, 2.05) is 0 Å². The van der Waals surface area contributed by atoms with Crippen LogP contribution >= 0.6 is 0 Å². The molecule has 1 saturated heterocycles. The highest BCUT2D eigenvalue weighted by molar-refractivity contribution is 5.68. The maximum Gasteiger partial charge on any atom is 0.303 e. The summed E-state index contributed by atoms with van der Waals surface area (Å²) in [5.74, 6) is 0.608. The third-order valence-electron chi connectivity index (χ3n) is 3.57. The standard InChI is InChI=1S/C12H15N3O2/c16-11(17)4-8-5-15(6-8)12-9-2-1-3-10(9)13-7-14-12/h7-8H,1-6H2,(H,16,17). The van der Waals surface area contributed by atoms with Crippen molar-refractivity contribution in [2.24, 2.45) is 5.92 Å². The molecule has 1 N–H and O–H groups in total. The molecule has 0 saturated carbocycles. The molecule has 90 valence electrons. The molecule has 0 aromatic carbocycles. The second-order valence-corrected chi connectivity index (χ2v) is 4.84. The van der Waals surface area contributed by atoms with Crippen molar-refractivity contribution in [1.29, 1.82) is 0 Å². The van der Waals surface area contributed by atoms with E-state index in [0.717, 1.165) is 38.2 Å². The summed E-state index contributed by atoms with van der Waals surface area (Å²) in [6.45, 7) is 1.63. The summed E-state index contributed by atoms with van der Waals surface area (Å²) in [7, 11) is 0. The van der Waals surface area contributed by atoms with Gasteiger partial charge in [0.15, 0.2) is 0 Å². The number of anilines is 1. The normalized spacial score (nSPS) is 18.9. The fraction of sp³-hybridized carbons (Fsp3) is 0.583. The number of carbonyl (C=O) groups is 1. The van der Waals surface area contributed by atoms with Crippen molar-refractivity contribution >= 4 is 11.8 Å². The lowest BCUT2D eigenvalue weighted by Gasteiger charge is -2.40. The first-order chi connectivity index (χ1) is 8.24. The number of rotatable bonds is 3. The van der Waals surface area contributed by atoms with Crippen molar-refractivity contribution < 1.29 is 9.90 Å². The van der Waals surface area contributed by atoms with Gasteiger partial charge in [-0.3, -0.25) is 4.79 Å². The van der Waals surface area contributed by atoms with Crippen LogP contribution in [0.4, 0.5) is 5.82 Å². The van der Waals surface area contributed by atoms with Gasteiger partial charge in [0, 0.05) is 30.3 Å². The average molecular weight is 233 g/mol. The summed E-state index contributed by atoms with van der Waals surface area (Å²) in [5, 5.41) is 8.72. The summed E-state index contributed by atoms with van der Waals surface area (Å²) in [4.78, 5) is 21.4. The summed E-state index contributed by atoms with van der Waals surface area (Å²) in [6, 6.07) is 0. The molecule has 1 aromatic heterocycles. The highest BCUT2D eigenvalue weighted by atomic mass is 16.4. The van der Waals surface area contributed by atoms with E-state index in [2.05, 4.69) is 14.9 Å². The van der Waals surface area contributed by atoms with Gasteiger partial charge in [0.05, 0.1) is 6.42 Å². The number of aryl methyl sites for hydroxylation is 1. The summed E-state index contributed by atoms with van der Waals surface area (Å²) in [6.07, 6.45) is 5.17. The fourth-order valence-electron chi connectivity index (χ4n) is 2.73. The second-order valence-electron chi connectivity index (χ2n) is 4.84. The molecule has 0 bridgehead atoms. The molecule has 1 aromatic rings. The van der Waals surface area contributed by atoms with Gasteiger partial charge in [-0.1, -0.05) is 0 Å². The number of nitrogens with zero attached hydrogens (tertiary/aromatic N) is 3. The third-order valence-corrected chi connectivity index (χ3v) is 3.57. The molecule has 2 aliphatic rings. The Kier molecular flexibility index (Phi) is 2.46. The number of aliphatic carboxylic acids is 1. The zero-order valence-corrected chi connectivity index (χ0v) is 9.59. The van der Waals surface area contributed by atoms with Crippen LogP contribution in [0.2, 0.25) is 0 Å². The number of aromatic nitrogens is 2. The van der Waals surface area contributed by atoms with Crippen LogP contribution in [0.1, 0.15) is 24.1 Å². The Balaban J connectivity index is 1.71. The van der Waals surface area contributed by atoms with Crippen LogP contribution < -0.4 is 4.90 Å². The lowest BCUT2D eigenvalue weighted by Crippen LogP contribution is -2.48. The Labute approximate surface area is 99.5 Å². The second kappa shape index (κ2) is 3.98.